The maximum Gasteiger partial charge on any atom is 0.355 e. The number of nitrogens with two attached hydrogens (primary N) is 1. The van der Waals surface area contributed by atoms with E-state index < -0.39 is 47.0 Å². The Morgan fingerprint density at radius 1 is 0.711 bits per heavy atom. The number of carbonyl (C=O) groups is 5. The van der Waals surface area contributed by atoms with Crippen LogP contribution in [0.15, 0.2) is 94.4 Å². The fraction of sp³-hybridized carbons (Fsp3) is 0.258. The van der Waals surface area contributed by atoms with Crippen LogP contribution in [0.2, 0.25) is 0 Å². The first-order chi connectivity index (χ1) is 21.3. The second kappa shape index (κ2) is 14.6. The fourth-order valence-corrected chi connectivity index (χ4v) is 3.64. The van der Waals surface area contributed by atoms with Crippen molar-refractivity contribution < 1.29 is 42.9 Å². The third kappa shape index (κ3) is 9.10. The van der Waals surface area contributed by atoms with Crippen LogP contribution in [0.3, 0.4) is 0 Å². The van der Waals surface area contributed by atoms with Crippen LogP contribution in [0.4, 0.5) is 0 Å². The third-order valence-corrected chi connectivity index (χ3v) is 6.12. The van der Waals surface area contributed by atoms with Crippen LogP contribution in [-0.2, 0) is 30.3 Å². The predicted molar refractivity (Wildman–Crippen MR) is 157 cm³/mol. The SMILES string of the molecule is CC(C)(OC(=O)c1ccccc1)C(=O)Oc1ccc(C[C@H](N=NN)C(=O)N=O)cc1OC(=O)C(C)(C)OC(=O)c1ccccc1. The molecule has 3 aromatic carbocycles. The molecule has 3 aromatic rings. The maximum absolute atomic E-state index is 13.3. The van der Waals surface area contributed by atoms with Crippen LogP contribution in [-0.4, -0.2) is 47.0 Å². The summed E-state index contributed by atoms with van der Waals surface area (Å²) in [6.07, 6.45) is -0.253. The lowest BCUT2D eigenvalue weighted by molar-refractivity contribution is -0.155. The zero-order valence-corrected chi connectivity index (χ0v) is 24.8. The van der Waals surface area contributed by atoms with Crippen LogP contribution < -0.4 is 15.3 Å². The predicted octanol–water partition coefficient (Wildman–Crippen LogP) is 4.30. The summed E-state index contributed by atoms with van der Waals surface area (Å²) in [4.78, 5) is 74.4. The summed E-state index contributed by atoms with van der Waals surface area (Å²) < 4.78 is 21.8. The second-order valence-corrected chi connectivity index (χ2v) is 10.5. The molecule has 14 nitrogen and oxygen atoms in total. The minimum absolute atomic E-state index is 0.191. The summed E-state index contributed by atoms with van der Waals surface area (Å²) in [5.74, 6) is -0.395. The van der Waals surface area contributed by atoms with Gasteiger partial charge in [-0.3, -0.25) is 4.79 Å². The molecule has 234 valence electrons. The van der Waals surface area contributed by atoms with Crippen molar-refractivity contribution in [2.45, 2.75) is 51.4 Å². The Balaban J connectivity index is 1.90. The molecule has 0 fully saturated rings. The van der Waals surface area contributed by atoms with Crippen LogP contribution in [0.5, 0.6) is 11.5 Å². The largest absolute Gasteiger partial charge is 0.444 e. The Hall–Kier alpha value is -5.79. The highest BCUT2D eigenvalue weighted by atomic mass is 16.6. The molecule has 45 heavy (non-hydrogen) atoms. The summed E-state index contributed by atoms with van der Waals surface area (Å²) in [6, 6.07) is 18.4. The van der Waals surface area contributed by atoms with Gasteiger partial charge in [-0.15, -0.1) is 4.91 Å². The van der Waals surface area contributed by atoms with Gasteiger partial charge in [-0.2, -0.15) is 5.11 Å². The molecule has 0 spiro atoms. The molecule has 2 N–H and O–H groups in total. The van der Waals surface area contributed by atoms with Gasteiger partial charge in [-0.25, -0.2) is 19.2 Å². The van der Waals surface area contributed by atoms with E-state index in [-0.39, 0.29) is 34.6 Å². The molecule has 0 aliphatic carbocycles. The van der Waals surface area contributed by atoms with Crippen molar-refractivity contribution in [1.82, 2.24) is 0 Å². The molecule has 0 aromatic heterocycles. The molecular formula is C31H30N4O10. The first-order valence-electron chi connectivity index (χ1n) is 13.4. The highest BCUT2D eigenvalue weighted by molar-refractivity contribution is 5.94. The van der Waals surface area contributed by atoms with E-state index in [0.717, 1.165) is 0 Å². The molecule has 14 heteroatoms. The van der Waals surface area contributed by atoms with Gasteiger partial charge >= 0.3 is 29.8 Å². The summed E-state index contributed by atoms with van der Waals surface area (Å²) in [5.41, 5.74) is -2.97. The number of esters is 4. The summed E-state index contributed by atoms with van der Waals surface area (Å²) in [6.45, 7) is 5.21. The number of hydrogen-bond acceptors (Lipinski definition) is 12. The Morgan fingerprint density at radius 3 is 1.62 bits per heavy atom. The first-order valence-corrected chi connectivity index (χ1v) is 13.4. The number of benzene rings is 3. The molecule has 0 heterocycles. The molecule has 3 rings (SSSR count). The van der Waals surface area contributed by atoms with Crippen molar-refractivity contribution in [3.63, 3.8) is 0 Å². The maximum atomic E-state index is 13.3. The number of nitrogens with zero attached hydrogens (tertiary/aromatic N) is 3. The summed E-state index contributed by atoms with van der Waals surface area (Å²) in [5, 5.41) is 8.89. The monoisotopic (exact) mass is 618 g/mol. The Morgan fingerprint density at radius 2 is 1.18 bits per heavy atom. The summed E-state index contributed by atoms with van der Waals surface area (Å²) in [7, 11) is 0. The van der Waals surface area contributed by atoms with Gasteiger partial charge in [0.25, 0.3) is 0 Å². The Bertz CT molecular complexity index is 1610. The second-order valence-electron chi connectivity index (χ2n) is 10.5. The van der Waals surface area contributed by atoms with Gasteiger partial charge in [0, 0.05) is 11.6 Å². The van der Waals surface area contributed by atoms with E-state index in [2.05, 4.69) is 15.5 Å². The van der Waals surface area contributed by atoms with E-state index in [9.17, 15) is 28.9 Å². The van der Waals surface area contributed by atoms with Crippen molar-refractivity contribution in [1.29, 1.82) is 0 Å². The standard InChI is InChI=1S/C31H30N4O10/c1-30(2,44-26(37)20-11-7-5-8-12-20)28(39)42-23-16-15-19(17-22(33-35-32)25(36)34-41)18-24(23)43-29(40)31(3,4)45-27(38)21-13-9-6-10-14-21/h5-16,18,22H,17H2,1-4H3,(H2,32,33)/t22-/m0/s1. The van der Waals surface area contributed by atoms with Gasteiger partial charge in [0.1, 0.15) is 0 Å². The molecule has 1 amide bonds. The van der Waals surface area contributed by atoms with E-state index in [1.165, 1.54) is 70.2 Å². The Kier molecular flexibility index (Phi) is 10.9. The van der Waals surface area contributed by atoms with Gasteiger partial charge in [0.05, 0.1) is 11.1 Å². The minimum Gasteiger partial charge on any atom is -0.444 e. The van der Waals surface area contributed by atoms with Crippen molar-refractivity contribution in [2.75, 3.05) is 0 Å². The molecule has 0 bridgehead atoms. The molecule has 0 unspecified atom stereocenters. The zero-order valence-electron chi connectivity index (χ0n) is 24.8. The van der Waals surface area contributed by atoms with Gasteiger partial charge in [0.2, 0.25) is 11.2 Å². The fourth-order valence-electron chi connectivity index (χ4n) is 3.64. The first kappa shape index (κ1) is 33.7. The molecule has 0 radical (unpaired) electrons. The van der Waals surface area contributed by atoms with Crippen LogP contribution >= 0.6 is 0 Å². The van der Waals surface area contributed by atoms with Crippen molar-refractivity contribution in [3.8, 4) is 11.5 Å². The van der Waals surface area contributed by atoms with E-state index in [0.29, 0.717) is 0 Å². The number of amides is 1. The van der Waals surface area contributed by atoms with E-state index >= 15 is 0 Å². The molecule has 0 aliphatic heterocycles. The van der Waals surface area contributed by atoms with Crippen molar-refractivity contribution in [3.05, 3.63) is 100 Å². The number of carbonyl (C=O) groups excluding carboxylic acids is 5. The number of rotatable bonds is 12. The number of hydrogen-bond donors (Lipinski definition) is 1. The van der Waals surface area contributed by atoms with Crippen LogP contribution in [0.1, 0.15) is 54.0 Å². The molecular weight excluding hydrogens is 588 g/mol. The van der Waals surface area contributed by atoms with Crippen molar-refractivity contribution in [2.24, 2.45) is 21.4 Å². The number of ether oxygens (including phenoxy) is 4. The van der Waals surface area contributed by atoms with E-state index in [1.54, 1.807) is 36.4 Å². The van der Waals surface area contributed by atoms with Crippen LogP contribution in [0.25, 0.3) is 0 Å². The third-order valence-electron chi connectivity index (χ3n) is 6.12. The summed E-state index contributed by atoms with van der Waals surface area (Å²) >= 11 is 0. The normalized spacial score (nSPS) is 12.1. The van der Waals surface area contributed by atoms with Gasteiger partial charge < -0.3 is 24.8 Å². The lowest BCUT2D eigenvalue weighted by Crippen LogP contribution is -2.41. The minimum atomic E-state index is -1.83. The Labute approximate surface area is 257 Å². The lowest BCUT2D eigenvalue weighted by atomic mass is 10.0. The quantitative estimate of drug-likeness (QED) is 0.0757. The molecule has 0 aliphatic rings. The highest BCUT2D eigenvalue weighted by Gasteiger charge is 2.38. The molecule has 0 saturated carbocycles. The number of nitroso groups, excluding NO2 is 1. The lowest BCUT2D eigenvalue weighted by Gasteiger charge is -2.25. The van der Waals surface area contributed by atoms with Crippen molar-refractivity contribution >= 4 is 29.8 Å². The van der Waals surface area contributed by atoms with Gasteiger partial charge in [0.15, 0.2) is 17.5 Å². The smallest absolute Gasteiger partial charge is 0.355 e. The van der Waals surface area contributed by atoms with Gasteiger partial charge in [-0.05, 0) is 69.7 Å². The molecule has 1 atom stereocenters. The molecule has 0 saturated heterocycles. The van der Waals surface area contributed by atoms with Gasteiger partial charge in [-0.1, -0.05) is 47.7 Å². The average molecular weight is 619 g/mol. The van der Waals surface area contributed by atoms with Crippen LogP contribution in [0, 0.1) is 4.91 Å². The van der Waals surface area contributed by atoms with E-state index in [4.69, 9.17) is 24.8 Å². The highest BCUT2D eigenvalue weighted by Crippen LogP contribution is 2.32. The zero-order chi connectivity index (χ0) is 33.2. The van der Waals surface area contributed by atoms with E-state index in [1.807, 2.05) is 0 Å². The topological polar surface area (TPSA) is 202 Å². The average Bonchev–Trinajstić information content (AvgIpc) is 3.01.